The molecule has 0 atom stereocenters. The summed E-state index contributed by atoms with van der Waals surface area (Å²) in [6, 6.07) is 15.0. The summed E-state index contributed by atoms with van der Waals surface area (Å²) in [4.78, 5) is 7.24. The van der Waals surface area contributed by atoms with Gasteiger partial charge in [-0.3, -0.25) is 0 Å². The van der Waals surface area contributed by atoms with Gasteiger partial charge in [0.15, 0.2) is 0 Å². The third-order valence-corrected chi connectivity index (χ3v) is 5.58. The number of piperidine rings is 1. The number of fused-ring (bicyclic) bond motifs is 1. The van der Waals surface area contributed by atoms with E-state index in [4.69, 9.17) is 10.1 Å². The SMILES string of the molecule is OCCN1CCC(Cc2nc3ccccc3n2Cc2ccc(F)cc2)CC1. The van der Waals surface area contributed by atoms with Crippen molar-refractivity contribution in [2.24, 2.45) is 5.92 Å². The van der Waals surface area contributed by atoms with E-state index in [0.29, 0.717) is 12.5 Å². The summed E-state index contributed by atoms with van der Waals surface area (Å²) in [5.41, 5.74) is 3.24. The number of hydrogen-bond donors (Lipinski definition) is 1. The maximum absolute atomic E-state index is 13.3. The average molecular weight is 367 g/mol. The number of halogens is 1. The van der Waals surface area contributed by atoms with E-state index in [0.717, 1.165) is 61.3 Å². The third-order valence-electron chi connectivity index (χ3n) is 5.58. The summed E-state index contributed by atoms with van der Waals surface area (Å²) < 4.78 is 15.5. The van der Waals surface area contributed by atoms with Crippen LogP contribution in [0.15, 0.2) is 48.5 Å². The predicted octanol–water partition coefficient (Wildman–Crippen LogP) is 3.47. The number of aliphatic hydroxyl groups excluding tert-OH is 1. The summed E-state index contributed by atoms with van der Waals surface area (Å²) in [6.07, 6.45) is 3.24. The van der Waals surface area contributed by atoms with Crippen LogP contribution in [-0.2, 0) is 13.0 Å². The maximum Gasteiger partial charge on any atom is 0.123 e. The van der Waals surface area contributed by atoms with Gasteiger partial charge in [0.1, 0.15) is 11.6 Å². The summed E-state index contributed by atoms with van der Waals surface area (Å²) in [7, 11) is 0. The first-order valence-electron chi connectivity index (χ1n) is 9.75. The Hall–Kier alpha value is -2.24. The molecule has 1 aromatic heterocycles. The standard InChI is InChI=1S/C22H26FN3O/c23-19-7-5-18(6-8-19)16-26-21-4-2-1-3-20(21)24-22(26)15-17-9-11-25(12-10-17)13-14-27/h1-8,17,27H,9-16H2. The molecule has 1 saturated heterocycles. The lowest BCUT2D eigenvalue weighted by atomic mass is 9.93. The number of imidazole rings is 1. The molecule has 0 amide bonds. The van der Waals surface area contributed by atoms with E-state index in [2.05, 4.69) is 21.6 Å². The molecule has 1 fully saturated rings. The van der Waals surface area contributed by atoms with Crippen molar-refractivity contribution in [1.29, 1.82) is 0 Å². The van der Waals surface area contributed by atoms with E-state index in [1.807, 2.05) is 24.3 Å². The van der Waals surface area contributed by atoms with E-state index in [1.54, 1.807) is 0 Å². The number of β-amino-alcohol motifs (C(OH)–C–C–N with tert-alkyl or cyclic N) is 1. The highest BCUT2D eigenvalue weighted by molar-refractivity contribution is 5.76. The summed E-state index contributed by atoms with van der Waals surface area (Å²) in [5.74, 6) is 1.52. The molecule has 2 aromatic carbocycles. The lowest BCUT2D eigenvalue weighted by Crippen LogP contribution is -2.36. The smallest absolute Gasteiger partial charge is 0.123 e. The quantitative estimate of drug-likeness (QED) is 0.725. The third kappa shape index (κ3) is 4.20. The Morgan fingerprint density at radius 3 is 2.52 bits per heavy atom. The molecule has 27 heavy (non-hydrogen) atoms. The largest absolute Gasteiger partial charge is 0.395 e. The van der Waals surface area contributed by atoms with Gasteiger partial charge in [-0.2, -0.15) is 0 Å². The second-order valence-electron chi connectivity index (χ2n) is 7.44. The molecule has 142 valence electrons. The van der Waals surface area contributed by atoms with Crippen molar-refractivity contribution < 1.29 is 9.50 Å². The van der Waals surface area contributed by atoms with Crippen molar-refractivity contribution >= 4 is 11.0 Å². The Morgan fingerprint density at radius 2 is 1.78 bits per heavy atom. The molecule has 1 aliphatic heterocycles. The van der Waals surface area contributed by atoms with Crippen molar-refractivity contribution in [2.45, 2.75) is 25.8 Å². The maximum atomic E-state index is 13.3. The van der Waals surface area contributed by atoms with Gasteiger partial charge in [0.2, 0.25) is 0 Å². The lowest BCUT2D eigenvalue weighted by molar-refractivity contribution is 0.146. The van der Waals surface area contributed by atoms with Crippen molar-refractivity contribution in [3.8, 4) is 0 Å². The molecule has 4 rings (SSSR count). The molecule has 0 saturated carbocycles. The predicted molar refractivity (Wildman–Crippen MR) is 105 cm³/mol. The van der Waals surface area contributed by atoms with Gasteiger partial charge in [-0.25, -0.2) is 9.37 Å². The number of hydrogen-bond acceptors (Lipinski definition) is 3. The van der Waals surface area contributed by atoms with Crippen LogP contribution >= 0.6 is 0 Å². The number of aromatic nitrogens is 2. The Balaban J connectivity index is 1.56. The fourth-order valence-corrected chi connectivity index (χ4v) is 4.04. The van der Waals surface area contributed by atoms with Gasteiger partial charge in [-0.05, 0) is 61.7 Å². The zero-order valence-electron chi connectivity index (χ0n) is 15.5. The first-order valence-corrected chi connectivity index (χ1v) is 9.75. The van der Waals surface area contributed by atoms with Gasteiger partial charge in [0.05, 0.1) is 17.6 Å². The molecular formula is C22H26FN3O. The number of rotatable bonds is 6. The molecule has 5 heteroatoms. The first kappa shape index (κ1) is 18.1. The molecule has 4 nitrogen and oxygen atoms in total. The summed E-state index contributed by atoms with van der Waals surface area (Å²) in [6.45, 7) is 3.81. The number of nitrogens with zero attached hydrogens (tertiary/aromatic N) is 3. The van der Waals surface area contributed by atoms with Crippen molar-refractivity contribution in [3.63, 3.8) is 0 Å². The van der Waals surface area contributed by atoms with Crippen LogP contribution in [0.25, 0.3) is 11.0 Å². The Bertz CT molecular complexity index is 882. The second-order valence-corrected chi connectivity index (χ2v) is 7.44. The normalized spacial score (nSPS) is 16.2. The Morgan fingerprint density at radius 1 is 1.04 bits per heavy atom. The lowest BCUT2D eigenvalue weighted by Gasteiger charge is -2.31. The molecule has 0 spiro atoms. The van der Waals surface area contributed by atoms with E-state index < -0.39 is 0 Å². The zero-order chi connectivity index (χ0) is 18.6. The molecule has 1 aliphatic rings. The van der Waals surface area contributed by atoms with Crippen LogP contribution in [0.3, 0.4) is 0 Å². The van der Waals surface area contributed by atoms with Gasteiger partial charge in [0.25, 0.3) is 0 Å². The molecule has 0 unspecified atom stereocenters. The van der Waals surface area contributed by atoms with Gasteiger partial charge in [0, 0.05) is 19.5 Å². The van der Waals surface area contributed by atoms with Crippen molar-refractivity contribution in [2.75, 3.05) is 26.2 Å². The van der Waals surface area contributed by atoms with E-state index >= 15 is 0 Å². The van der Waals surface area contributed by atoms with Crippen molar-refractivity contribution in [3.05, 3.63) is 65.7 Å². The number of para-hydroxylation sites is 2. The topological polar surface area (TPSA) is 41.3 Å². The van der Waals surface area contributed by atoms with Crippen LogP contribution in [0, 0.1) is 11.7 Å². The molecule has 0 radical (unpaired) electrons. The highest BCUT2D eigenvalue weighted by Crippen LogP contribution is 2.25. The number of aliphatic hydroxyl groups is 1. The molecule has 3 aromatic rings. The molecule has 0 aliphatic carbocycles. The van der Waals surface area contributed by atoms with Crippen LogP contribution in [0.4, 0.5) is 4.39 Å². The van der Waals surface area contributed by atoms with Crippen molar-refractivity contribution in [1.82, 2.24) is 14.5 Å². The minimum Gasteiger partial charge on any atom is -0.395 e. The fraction of sp³-hybridized carbons (Fsp3) is 0.409. The number of benzene rings is 2. The van der Waals surface area contributed by atoms with Crippen LogP contribution in [0.5, 0.6) is 0 Å². The van der Waals surface area contributed by atoms with E-state index in [9.17, 15) is 4.39 Å². The van der Waals surface area contributed by atoms with Gasteiger partial charge in [-0.15, -0.1) is 0 Å². The molecule has 2 heterocycles. The van der Waals surface area contributed by atoms with Crippen LogP contribution in [-0.4, -0.2) is 45.8 Å². The molecule has 0 bridgehead atoms. The zero-order valence-corrected chi connectivity index (χ0v) is 15.5. The second kappa shape index (κ2) is 8.19. The van der Waals surface area contributed by atoms with Crippen LogP contribution in [0.1, 0.15) is 24.2 Å². The average Bonchev–Trinajstić information content (AvgIpc) is 3.02. The highest BCUT2D eigenvalue weighted by atomic mass is 19.1. The van der Waals surface area contributed by atoms with Crippen LogP contribution < -0.4 is 0 Å². The Kier molecular flexibility index (Phi) is 5.50. The molecule has 1 N–H and O–H groups in total. The number of likely N-dealkylation sites (tertiary alicyclic amines) is 1. The monoisotopic (exact) mass is 367 g/mol. The first-order chi connectivity index (χ1) is 13.2. The van der Waals surface area contributed by atoms with Crippen LogP contribution in [0.2, 0.25) is 0 Å². The highest BCUT2D eigenvalue weighted by Gasteiger charge is 2.22. The van der Waals surface area contributed by atoms with Gasteiger partial charge < -0.3 is 14.6 Å². The van der Waals surface area contributed by atoms with Gasteiger partial charge in [-0.1, -0.05) is 24.3 Å². The van der Waals surface area contributed by atoms with E-state index in [1.165, 1.54) is 12.1 Å². The summed E-state index contributed by atoms with van der Waals surface area (Å²) >= 11 is 0. The summed E-state index contributed by atoms with van der Waals surface area (Å²) in [5, 5.41) is 9.12. The van der Waals surface area contributed by atoms with Gasteiger partial charge >= 0.3 is 0 Å². The minimum atomic E-state index is -0.205. The Labute approximate surface area is 159 Å². The van der Waals surface area contributed by atoms with E-state index in [-0.39, 0.29) is 12.4 Å². The molecular weight excluding hydrogens is 341 g/mol. The fourth-order valence-electron chi connectivity index (χ4n) is 4.04. The minimum absolute atomic E-state index is 0.205.